The second kappa shape index (κ2) is 4.39. The molecule has 1 rings (SSSR count). The van der Waals surface area contributed by atoms with E-state index < -0.39 is 5.60 Å². The Morgan fingerprint density at radius 2 is 1.93 bits per heavy atom. The molecule has 0 spiro atoms. The number of hydrogen-bond acceptors (Lipinski definition) is 2. The van der Waals surface area contributed by atoms with Gasteiger partial charge in [-0.15, -0.1) is 0 Å². The monoisotopic (exact) mass is 233 g/mol. The third-order valence-electron chi connectivity index (χ3n) is 1.64. The van der Waals surface area contributed by atoms with Crippen molar-refractivity contribution in [3.05, 3.63) is 28.2 Å². The van der Waals surface area contributed by atoms with E-state index in [1.165, 1.54) is 0 Å². The fourth-order valence-electron chi connectivity index (χ4n) is 0.924. The van der Waals surface area contributed by atoms with E-state index in [0.29, 0.717) is 16.6 Å². The zero-order chi connectivity index (χ0) is 10.8. The van der Waals surface area contributed by atoms with E-state index in [1.807, 2.05) is 6.07 Å². The molecule has 14 heavy (non-hydrogen) atoms. The number of nitrogens with one attached hydrogen (secondary N) is 1. The number of halogens is 2. The molecular weight excluding hydrogens is 221 g/mol. The van der Waals surface area contributed by atoms with Crippen molar-refractivity contribution < 1.29 is 5.11 Å². The molecule has 0 saturated carbocycles. The van der Waals surface area contributed by atoms with Crippen molar-refractivity contribution >= 4 is 28.9 Å². The molecule has 0 unspecified atom stereocenters. The first-order chi connectivity index (χ1) is 6.38. The van der Waals surface area contributed by atoms with E-state index in [2.05, 4.69) is 5.32 Å². The lowest BCUT2D eigenvalue weighted by atomic mass is 10.1. The largest absolute Gasteiger partial charge is 0.389 e. The molecule has 0 heterocycles. The Kier molecular flexibility index (Phi) is 3.65. The Bertz CT molecular complexity index is 320. The molecule has 0 aromatic heterocycles. The van der Waals surface area contributed by atoms with Crippen LogP contribution in [-0.4, -0.2) is 17.3 Å². The van der Waals surface area contributed by atoms with Crippen LogP contribution >= 0.6 is 23.2 Å². The van der Waals surface area contributed by atoms with Crippen LogP contribution in [0.5, 0.6) is 0 Å². The highest BCUT2D eigenvalue weighted by Crippen LogP contribution is 2.25. The van der Waals surface area contributed by atoms with E-state index in [-0.39, 0.29) is 0 Å². The summed E-state index contributed by atoms with van der Waals surface area (Å²) in [6.07, 6.45) is 0. The van der Waals surface area contributed by atoms with Crippen LogP contribution in [0.4, 0.5) is 5.69 Å². The smallest absolute Gasteiger partial charge is 0.0763 e. The summed E-state index contributed by atoms with van der Waals surface area (Å²) in [5, 5.41) is 13.6. The van der Waals surface area contributed by atoms with Crippen molar-refractivity contribution in [2.45, 2.75) is 19.4 Å². The van der Waals surface area contributed by atoms with Crippen LogP contribution in [0, 0.1) is 0 Å². The predicted molar refractivity (Wildman–Crippen MR) is 61.2 cm³/mol. The standard InChI is InChI=1S/C10H13Cl2NO/c1-10(2,14)6-13-7-3-4-8(11)9(12)5-7/h3-5,13-14H,6H2,1-2H3. The molecule has 0 aliphatic carbocycles. The maximum absolute atomic E-state index is 9.48. The molecule has 0 radical (unpaired) electrons. The molecule has 0 amide bonds. The maximum atomic E-state index is 9.48. The van der Waals surface area contributed by atoms with Gasteiger partial charge in [0.1, 0.15) is 0 Å². The van der Waals surface area contributed by atoms with Gasteiger partial charge in [-0.2, -0.15) is 0 Å². The second-order valence-corrected chi connectivity index (χ2v) is 4.61. The zero-order valence-electron chi connectivity index (χ0n) is 8.14. The summed E-state index contributed by atoms with van der Waals surface area (Å²) in [4.78, 5) is 0. The van der Waals surface area contributed by atoms with Gasteiger partial charge in [-0.25, -0.2) is 0 Å². The van der Waals surface area contributed by atoms with Gasteiger partial charge in [0.2, 0.25) is 0 Å². The molecule has 0 aliphatic rings. The molecule has 0 fully saturated rings. The van der Waals surface area contributed by atoms with Crippen molar-refractivity contribution in [2.24, 2.45) is 0 Å². The van der Waals surface area contributed by atoms with E-state index in [4.69, 9.17) is 23.2 Å². The SMILES string of the molecule is CC(C)(O)CNc1ccc(Cl)c(Cl)c1. The van der Waals surface area contributed by atoms with Crippen molar-refractivity contribution in [1.82, 2.24) is 0 Å². The predicted octanol–water partition coefficient (Wildman–Crippen LogP) is 3.18. The molecule has 2 nitrogen and oxygen atoms in total. The number of rotatable bonds is 3. The average Bonchev–Trinajstić information content (AvgIpc) is 2.06. The minimum absolute atomic E-state index is 0.463. The van der Waals surface area contributed by atoms with Gasteiger partial charge in [-0.1, -0.05) is 23.2 Å². The minimum Gasteiger partial charge on any atom is -0.389 e. The van der Waals surface area contributed by atoms with Crippen LogP contribution in [0.25, 0.3) is 0 Å². The highest BCUT2D eigenvalue weighted by Gasteiger charge is 2.11. The lowest BCUT2D eigenvalue weighted by Gasteiger charge is -2.18. The van der Waals surface area contributed by atoms with Gasteiger partial charge in [0.05, 0.1) is 15.6 Å². The third-order valence-corrected chi connectivity index (χ3v) is 2.38. The van der Waals surface area contributed by atoms with Gasteiger partial charge >= 0.3 is 0 Å². The maximum Gasteiger partial charge on any atom is 0.0763 e. The van der Waals surface area contributed by atoms with Crippen LogP contribution in [0.1, 0.15) is 13.8 Å². The van der Waals surface area contributed by atoms with Crippen molar-refractivity contribution in [1.29, 1.82) is 0 Å². The van der Waals surface area contributed by atoms with Gasteiger partial charge in [-0.05, 0) is 32.0 Å². The number of hydrogen-bond donors (Lipinski definition) is 2. The Morgan fingerprint density at radius 3 is 2.43 bits per heavy atom. The first-order valence-corrected chi connectivity index (χ1v) is 5.05. The van der Waals surface area contributed by atoms with E-state index >= 15 is 0 Å². The van der Waals surface area contributed by atoms with Gasteiger partial charge in [0.15, 0.2) is 0 Å². The molecule has 4 heteroatoms. The second-order valence-electron chi connectivity index (χ2n) is 3.79. The third kappa shape index (κ3) is 3.74. The van der Waals surface area contributed by atoms with Crippen molar-refractivity contribution in [3.63, 3.8) is 0 Å². The van der Waals surface area contributed by atoms with Crippen molar-refractivity contribution in [3.8, 4) is 0 Å². The van der Waals surface area contributed by atoms with Gasteiger partial charge < -0.3 is 10.4 Å². The van der Waals surface area contributed by atoms with Crippen LogP contribution < -0.4 is 5.32 Å². The quantitative estimate of drug-likeness (QED) is 0.841. The van der Waals surface area contributed by atoms with Crippen LogP contribution in [0.3, 0.4) is 0 Å². The number of aliphatic hydroxyl groups is 1. The molecule has 0 saturated heterocycles. The fraction of sp³-hybridized carbons (Fsp3) is 0.400. The first-order valence-electron chi connectivity index (χ1n) is 4.30. The highest BCUT2D eigenvalue weighted by molar-refractivity contribution is 6.42. The lowest BCUT2D eigenvalue weighted by Crippen LogP contribution is -2.29. The highest BCUT2D eigenvalue weighted by atomic mass is 35.5. The summed E-state index contributed by atoms with van der Waals surface area (Å²) in [6.45, 7) is 3.93. The Labute approximate surface area is 93.8 Å². The Morgan fingerprint density at radius 1 is 1.29 bits per heavy atom. The van der Waals surface area contributed by atoms with Gasteiger partial charge in [0.25, 0.3) is 0 Å². The summed E-state index contributed by atoms with van der Waals surface area (Å²) in [5.41, 5.74) is 0.105. The molecule has 1 aromatic carbocycles. The molecular formula is C10H13Cl2NO. The van der Waals surface area contributed by atoms with Gasteiger partial charge in [0, 0.05) is 12.2 Å². The summed E-state index contributed by atoms with van der Waals surface area (Å²) in [7, 11) is 0. The molecule has 78 valence electrons. The van der Waals surface area contributed by atoms with Crippen molar-refractivity contribution in [2.75, 3.05) is 11.9 Å². The van der Waals surface area contributed by atoms with E-state index in [0.717, 1.165) is 5.69 Å². The zero-order valence-corrected chi connectivity index (χ0v) is 9.65. The minimum atomic E-state index is -0.744. The normalized spacial score (nSPS) is 11.5. The Balaban J connectivity index is 2.65. The van der Waals surface area contributed by atoms with Crippen LogP contribution in [0.15, 0.2) is 18.2 Å². The van der Waals surface area contributed by atoms with Gasteiger partial charge in [-0.3, -0.25) is 0 Å². The van der Waals surface area contributed by atoms with Crippen LogP contribution in [-0.2, 0) is 0 Å². The molecule has 2 N–H and O–H groups in total. The Hall–Kier alpha value is -0.440. The fourth-order valence-corrected chi connectivity index (χ4v) is 1.22. The lowest BCUT2D eigenvalue weighted by molar-refractivity contribution is 0.0945. The summed E-state index contributed by atoms with van der Waals surface area (Å²) in [6, 6.07) is 5.27. The topological polar surface area (TPSA) is 32.3 Å². The number of anilines is 1. The molecule has 0 aliphatic heterocycles. The number of benzene rings is 1. The van der Waals surface area contributed by atoms with Crippen LogP contribution in [0.2, 0.25) is 10.0 Å². The molecule has 0 atom stereocenters. The summed E-state index contributed by atoms with van der Waals surface area (Å²) >= 11 is 11.6. The molecule has 1 aromatic rings. The van der Waals surface area contributed by atoms with E-state index in [1.54, 1.807) is 26.0 Å². The summed E-state index contributed by atoms with van der Waals surface area (Å²) in [5.74, 6) is 0. The molecule has 0 bridgehead atoms. The van der Waals surface area contributed by atoms with E-state index in [9.17, 15) is 5.11 Å². The summed E-state index contributed by atoms with van der Waals surface area (Å²) < 4.78 is 0. The first kappa shape index (κ1) is 11.6. The average molecular weight is 234 g/mol.